The fourth-order valence-corrected chi connectivity index (χ4v) is 2.91. The number of benzene rings is 1. The highest BCUT2D eigenvalue weighted by Crippen LogP contribution is 2.33. The smallest absolute Gasteiger partial charge is 0.155 e. The number of rotatable bonds is 2. The highest BCUT2D eigenvalue weighted by Gasteiger charge is 2.41. The zero-order chi connectivity index (χ0) is 12.4. The summed E-state index contributed by atoms with van der Waals surface area (Å²) in [7, 11) is 0. The average Bonchev–Trinajstić information content (AvgIpc) is 2.75. The second kappa shape index (κ2) is 5.00. The molecule has 1 aromatic carbocycles. The standard InChI is InChI=1S/C15H21NO2/c1-13-17-12-15(18-13)7-9-16(10-8-15)11-14-5-3-2-4-6-14/h2-6,13H,7-12H2,1H3. The van der Waals surface area contributed by atoms with Crippen molar-refractivity contribution in [1.82, 2.24) is 4.90 Å². The lowest BCUT2D eigenvalue weighted by Gasteiger charge is -2.37. The summed E-state index contributed by atoms with van der Waals surface area (Å²) >= 11 is 0. The quantitative estimate of drug-likeness (QED) is 0.801. The Bertz CT molecular complexity index is 385. The van der Waals surface area contributed by atoms with Gasteiger partial charge in [0.1, 0.15) is 0 Å². The van der Waals surface area contributed by atoms with Crippen LogP contribution in [0, 0.1) is 0 Å². The Morgan fingerprint density at radius 3 is 2.56 bits per heavy atom. The molecule has 2 aliphatic heterocycles. The molecule has 1 unspecified atom stereocenters. The number of hydrogen-bond acceptors (Lipinski definition) is 3. The average molecular weight is 247 g/mol. The predicted molar refractivity (Wildman–Crippen MR) is 70.2 cm³/mol. The zero-order valence-corrected chi connectivity index (χ0v) is 11.0. The lowest BCUT2D eigenvalue weighted by atomic mass is 9.92. The first kappa shape index (κ1) is 12.2. The van der Waals surface area contributed by atoms with E-state index in [1.54, 1.807) is 0 Å². The van der Waals surface area contributed by atoms with Crippen LogP contribution in [0.5, 0.6) is 0 Å². The predicted octanol–water partition coefficient (Wildman–Crippen LogP) is 2.41. The summed E-state index contributed by atoms with van der Waals surface area (Å²) in [6.07, 6.45) is 2.15. The van der Waals surface area contributed by atoms with Gasteiger partial charge in [0.2, 0.25) is 0 Å². The van der Waals surface area contributed by atoms with Gasteiger partial charge >= 0.3 is 0 Å². The van der Waals surface area contributed by atoms with Crippen molar-refractivity contribution >= 4 is 0 Å². The van der Waals surface area contributed by atoms with E-state index in [0.717, 1.165) is 39.1 Å². The van der Waals surface area contributed by atoms with Gasteiger partial charge in [0.25, 0.3) is 0 Å². The van der Waals surface area contributed by atoms with Gasteiger partial charge in [-0.2, -0.15) is 0 Å². The largest absolute Gasteiger partial charge is 0.350 e. The molecular formula is C15H21NO2. The van der Waals surface area contributed by atoms with E-state index in [0.29, 0.717) is 0 Å². The molecule has 3 nitrogen and oxygen atoms in total. The lowest BCUT2D eigenvalue weighted by Crippen LogP contribution is -2.45. The molecule has 98 valence electrons. The van der Waals surface area contributed by atoms with Gasteiger partial charge in [0.15, 0.2) is 6.29 Å². The van der Waals surface area contributed by atoms with Crippen LogP contribution in [-0.2, 0) is 16.0 Å². The van der Waals surface area contributed by atoms with Crippen LogP contribution in [0.1, 0.15) is 25.3 Å². The zero-order valence-electron chi connectivity index (χ0n) is 11.0. The molecule has 0 aliphatic carbocycles. The van der Waals surface area contributed by atoms with E-state index in [4.69, 9.17) is 9.47 Å². The van der Waals surface area contributed by atoms with Gasteiger partial charge in [0.05, 0.1) is 12.2 Å². The van der Waals surface area contributed by atoms with Crippen molar-refractivity contribution < 1.29 is 9.47 Å². The third-order valence-corrected chi connectivity index (χ3v) is 4.01. The molecule has 18 heavy (non-hydrogen) atoms. The van der Waals surface area contributed by atoms with Crippen molar-refractivity contribution in [1.29, 1.82) is 0 Å². The molecule has 2 saturated heterocycles. The first-order valence-electron chi connectivity index (χ1n) is 6.82. The van der Waals surface area contributed by atoms with Gasteiger partial charge < -0.3 is 9.47 Å². The van der Waals surface area contributed by atoms with Gasteiger partial charge in [0, 0.05) is 19.6 Å². The minimum Gasteiger partial charge on any atom is -0.350 e. The molecule has 2 heterocycles. The number of hydrogen-bond donors (Lipinski definition) is 0. The molecule has 3 rings (SSSR count). The third kappa shape index (κ3) is 2.58. The van der Waals surface area contributed by atoms with Gasteiger partial charge in [-0.1, -0.05) is 30.3 Å². The van der Waals surface area contributed by atoms with Crippen molar-refractivity contribution in [2.75, 3.05) is 19.7 Å². The summed E-state index contributed by atoms with van der Waals surface area (Å²) in [5.41, 5.74) is 1.40. The van der Waals surface area contributed by atoms with E-state index >= 15 is 0 Å². The van der Waals surface area contributed by atoms with Gasteiger partial charge in [-0.25, -0.2) is 0 Å². The molecule has 0 bridgehead atoms. The van der Waals surface area contributed by atoms with E-state index < -0.39 is 0 Å². The molecule has 0 aromatic heterocycles. The summed E-state index contributed by atoms with van der Waals surface area (Å²) in [5.74, 6) is 0. The van der Waals surface area contributed by atoms with Crippen LogP contribution in [0.2, 0.25) is 0 Å². The van der Waals surface area contributed by atoms with E-state index in [9.17, 15) is 0 Å². The Hall–Kier alpha value is -0.900. The van der Waals surface area contributed by atoms with Crippen LogP contribution >= 0.6 is 0 Å². The SMILES string of the molecule is CC1OCC2(CCN(Cc3ccccc3)CC2)O1. The maximum absolute atomic E-state index is 5.94. The maximum atomic E-state index is 5.94. The Balaban J connectivity index is 1.54. The van der Waals surface area contributed by atoms with Gasteiger partial charge in [-0.05, 0) is 25.3 Å². The first-order valence-corrected chi connectivity index (χ1v) is 6.82. The minimum atomic E-state index is -0.0225. The molecule has 2 fully saturated rings. The van der Waals surface area contributed by atoms with Crippen molar-refractivity contribution in [3.05, 3.63) is 35.9 Å². The number of nitrogens with zero attached hydrogens (tertiary/aromatic N) is 1. The van der Waals surface area contributed by atoms with Crippen molar-refractivity contribution in [3.8, 4) is 0 Å². The summed E-state index contributed by atoms with van der Waals surface area (Å²) in [5, 5.41) is 0. The van der Waals surface area contributed by atoms with Crippen LogP contribution in [0.25, 0.3) is 0 Å². The molecule has 0 saturated carbocycles. The Morgan fingerprint density at radius 2 is 1.94 bits per heavy atom. The van der Waals surface area contributed by atoms with Crippen LogP contribution in [0.4, 0.5) is 0 Å². The highest BCUT2D eigenvalue weighted by molar-refractivity contribution is 5.14. The molecular weight excluding hydrogens is 226 g/mol. The fraction of sp³-hybridized carbons (Fsp3) is 0.600. The van der Waals surface area contributed by atoms with Crippen LogP contribution in [-0.4, -0.2) is 36.5 Å². The second-order valence-corrected chi connectivity index (χ2v) is 5.44. The van der Waals surface area contributed by atoms with Crippen molar-refractivity contribution in [2.24, 2.45) is 0 Å². The normalized spacial score (nSPS) is 27.7. The highest BCUT2D eigenvalue weighted by atomic mass is 16.7. The topological polar surface area (TPSA) is 21.7 Å². The monoisotopic (exact) mass is 247 g/mol. The van der Waals surface area contributed by atoms with E-state index in [2.05, 4.69) is 35.2 Å². The minimum absolute atomic E-state index is 0.00655. The Kier molecular flexibility index (Phi) is 3.37. The molecule has 0 N–H and O–H groups in total. The van der Waals surface area contributed by atoms with Crippen LogP contribution in [0.15, 0.2) is 30.3 Å². The van der Waals surface area contributed by atoms with Crippen LogP contribution < -0.4 is 0 Å². The summed E-state index contributed by atoms with van der Waals surface area (Å²) in [6, 6.07) is 10.7. The summed E-state index contributed by atoms with van der Waals surface area (Å²) in [6.45, 7) is 6.02. The summed E-state index contributed by atoms with van der Waals surface area (Å²) in [4.78, 5) is 2.51. The van der Waals surface area contributed by atoms with E-state index in [-0.39, 0.29) is 11.9 Å². The molecule has 0 radical (unpaired) electrons. The maximum Gasteiger partial charge on any atom is 0.155 e. The number of likely N-dealkylation sites (tertiary alicyclic amines) is 1. The second-order valence-electron chi connectivity index (χ2n) is 5.44. The summed E-state index contributed by atoms with van der Waals surface area (Å²) < 4.78 is 11.5. The fourth-order valence-electron chi connectivity index (χ4n) is 2.91. The van der Waals surface area contributed by atoms with Crippen LogP contribution in [0.3, 0.4) is 0 Å². The van der Waals surface area contributed by atoms with E-state index in [1.165, 1.54) is 5.56 Å². The first-order chi connectivity index (χ1) is 8.76. The molecule has 0 amide bonds. The number of piperidine rings is 1. The van der Waals surface area contributed by atoms with E-state index in [1.807, 2.05) is 6.92 Å². The molecule has 1 spiro atoms. The van der Waals surface area contributed by atoms with Gasteiger partial charge in [-0.3, -0.25) is 4.90 Å². The molecule has 1 aromatic rings. The Labute approximate surface area is 109 Å². The lowest BCUT2D eigenvalue weighted by molar-refractivity contribution is -0.0963. The van der Waals surface area contributed by atoms with Gasteiger partial charge in [-0.15, -0.1) is 0 Å². The third-order valence-electron chi connectivity index (χ3n) is 4.01. The molecule has 2 aliphatic rings. The Morgan fingerprint density at radius 1 is 1.22 bits per heavy atom. The molecule has 1 atom stereocenters. The molecule has 3 heteroatoms. The number of ether oxygens (including phenoxy) is 2. The van der Waals surface area contributed by atoms with Crippen molar-refractivity contribution in [3.63, 3.8) is 0 Å². The van der Waals surface area contributed by atoms with Crippen molar-refractivity contribution in [2.45, 2.75) is 38.2 Å².